The van der Waals surface area contributed by atoms with Crippen molar-refractivity contribution < 1.29 is 29.6 Å². The van der Waals surface area contributed by atoms with Crippen molar-refractivity contribution in [1.29, 1.82) is 0 Å². The third-order valence-corrected chi connectivity index (χ3v) is 3.72. The molecule has 1 atom stereocenters. The lowest BCUT2D eigenvalue weighted by Crippen LogP contribution is -2.39. The number of fused-ring (bicyclic) bond motifs is 1. The first-order valence-corrected chi connectivity index (χ1v) is 6.69. The normalized spacial score (nSPS) is 19.8. The molecule has 0 saturated heterocycles. The van der Waals surface area contributed by atoms with Crippen molar-refractivity contribution in [2.45, 2.75) is 18.6 Å². The Morgan fingerprint density at radius 3 is 2.50 bits per heavy atom. The van der Waals surface area contributed by atoms with E-state index >= 15 is 0 Å². The standard InChI is InChI=1S/C16H14O6/c17-9-21-16(11-7-12(18)15(20)13(19)8-11)6-5-10-3-1-2-4-14(10)22-16/h1-4,7-9,18-20H,5-6H2. The lowest BCUT2D eigenvalue weighted by molar-refractivity contribution is -0.195. The Balaban J connectivity index is 2.09. The lowest BCUT2D eigenvalue weighted by atomic mass is 9.93. The number of aryl methyl sites for hydroxylation is 1. The molecule has 6 nitrogen and oxygen atoms in total. The van der Waals surface area contributed by atoms with Crippen LogP contribution >= 0.6 is 0 Å². The number of phenolic OH excluding ortho intramolecular Hbond substituents is 3. The minimum atomic E-state index is -1.46. The molecule has 0 amide bonds. The van der Waals surface area contributed by atoms with Gasteiger partial charge in [0.25, 0.3) is 12.3 Å². The van der Waals surface area contributed by atoms with Crippen LogP contribution in [0.5, 0.6) is 23.0 Å². The average molecular weight is 302 g/mol. The first-order valence-electron chi connectivity index (χ1n) is 6.69. The second-order valence-electron chi connectivity index (χ2n) is 5.04. The highest BCUT2D eigenvalue weighted by molar-refractivity contribution is 5.53. The van der Waals surface area contributed by atoms with Crippen LogP contribution in [0.3, 0.4) is 0 Å². The van der Waals surface area contributed by atoms with Gasteiger partial charge in [-0.2, -0.15) is 0 Å². The number of rotatable bonds is 3. The topological polar surface area (TPSA) is 96.2 Å². The molecule has 0 aromatic heterocycles. The zero-order valence-corrected chi connectivity index (χ0v) is 11.5. The molecular formula is C16H14O6. The number of carbonyl (C=O) groups is 1. The summed E-state index contributed by atoms with van der Waals surface area (Å²) in [5, 5.41) is 28.8. The molecule has 114 valence electrons. The Kier molecular flexibility index (Phi) is 3.29. The van der Waals surface area contributed by atoms with Gasteiger partial charge < -0.3 is 24.8 Å². The second-order valence-corrected chi connectivity index (χ2v) is 5.04. The molecular weight excluding hydrogens is 288 g/mol. The number of phenols is 3. The van der Waals surface area contributed by atoms with E-state index in [0.717, 1.165) is 5.56 Å². The van der Waals surface area contributed by atoms with Gasteiger partial charge in [0.2, 0.25) is 0 Å². The maximum atomic E-state index is 10.9. The van der Waals surface area contributed by atoms with E-state index in [1.807, 2.05) is 12.1 Å². The number of hydrogen-bond acceptors (Lipinski definition) is 6. The highest BCUT2D eigenvalue weighted by Crippen LogP contribution is 2.44. The van der Waals surface area contributed by atoms with E-state index in [1.54, 1.807) is 12.1 Å². The molecule has 0 spiro atoms. The fraction of sp³-hybridized carbons (Fsp3) is 0.188. The Morgan fingerprint density at radius 1 is 1.14 bits per heavy atom. The zero-order chi connectivity index (χ0) is 15.7. The van der Waals surface area contributed by atoms with Crippen molar-refractivity contribution in [1.82, 2.24) is 0 Å². The summed E-state index contributed by atoms with van der Waals surface area (Å²) in [4.78, 5) is 10.9. The number of ether oxygens (including phenoxy) is 2. The third kappa shape index (κ3) is 2.18. The average Bonchev–Trinajstić information content (AvgIpc) is 2.52. The largest absolute Gasteiger partial charge is 0.504 e. The smallest absolute Gasteiger partial charge is 0.296 e. The van der Waals surface area contributed by atoms with Crippen LogP contribution in [0.1, 0.15) is 17.5 Å². The van der Waals surface area contributed by atoms with Gasteiger partial charge in [0.15, 0.2) is 17.2 Å². The summed E-state index contributed by atoms with van der Waals surface area (Å²) >= 11 is 0. The lowest BCUT2D eigenvalue weighted by Gasteiger charge is -2.37. The van der Waals surface area contributed by atoms with E-state index < -0.39 is 23.0 Å². The van der Waals surface area contributed by atoms with Crippen LogP contribution in [0.25, 0.3) is 0 Å². The highest BCUT2D eigenvalue weighted by Gasteiger charge is 2.41. The minimum absolute atomic E-state index is 0.238. The summed E-state index contributed by atoms with van der Waals surface area (Å²) in [5.74, 6) is -2.58. The maximum absolute atomic E-state index is 10.9. The second kappa shape index (κ2) is 5.14. The summed E-state index contributed by atoms with van der Waals surface area (Å²) in [6.45, 7) is 0.259. The van der Waals surface area contributed by atoms with Crippen molar-refractivity contribution in [2.75, 3.05) is 0 Å². The van der Waals surface area contributed by atoms with Crippen LogP contribution in [0.2, 0.25) is 0 Å². The van der Waals surface area contributed by atoms with Gasteiger partial charge in [0.05, 0.1) is 0 Å². The monoisotopic (exact) mass is 302 g/mol. The number of aromatic hydroxyl groups is 3. The van der Waals surface area contributed by atoms with Crippen molar-refractivity contribution >= 4 is 6.47 Å². The number of benzene rings is 2. The molecule has 2 aromatic rings. The van der Waals surface area contributed by atoms with Gasteiger partial charge in [-0.3, -0.25) is 4.79 Å². The molecule has 1 aliphatic rings. The molecule has 1 aliphatic heterocycles. The van der Waals surface area contributed by atoms with Crippen molar-refractivity contribution in [3.63, 3.8) is 0 Å². The van der Waals surface area contributed by atoms with Crippen LogP contribution in [0.4, 0.5) is 0 Å². The van der Waals surface area contributed by atoms with Crippen LogP contribution in [-0.4, -0.2) is 21.8 Å². The highest BCUT2D eigenvalue weighted by atomic mass is 16.7. The Bertz CT molecular complexity index is 703. The predicted molar refractivity (Wildman–Crippen MR) is 75.7 cm³/mol. The summed E-state index contributed by atoms with van der Waals surface area (Å²) < 4.78 is 11.0. The van der Waals surface area contributed by atoms with E-state index in [2.05, 4.69) is 0 Å². The summed E-state index contributed by atoms with van der Waals surface area (Å²) in [6, 6.07) is 9.73. The van der Waals surface area contributed by atoms with Gasteiger partial charge in [0, 0.05) is 12.0 Å². The van der Waals surface area contributed by atoms with Gasteiger partial charge >= 0.3 is 0 Å². The van der Waals surface area contributed by atoms with Crippen LogP contribution < -0.4 is 4.74 Å². The van der Waals surface area contributed by atoms with E-state index in [0.29, 0.717) is 18.6 Å². The molecule has 1 heterocycles. The maximum Gasteiger partial charge on any atom is 0.296 e. The summed E-state index contributed by atoms with van der Waals surface area (Å²) in [5.41, 5.74) is 1.21. The van der Waals surface area contributed by atoms with Gasteiger partial charge in [-0.15, -0.1) is 0 Å². The minimum Gasteiger partial charge on any atom is -0.504 e. The number of para-hydroxylation sites is 1. The van der Waals surface area contributed by atoms with Crippen molar-refractivity contribution in [3.8, 4) is 23.0 Å². The van der Waals surface area contributed by atoms with Crippen molar-refractivity contribution in [2.24, 2.45) is 0 Å². The molecule has 22 heavy (non-hydrogen) atoms. The van der Waals surface area contributed by atoms with E-state index in [1.165, 1.54) is 12.1 Å². The number of hydrogen-bond donors (Lipinski definition) is 3. The van der Waals surface area contributed by atoms with Crippen LogP contribution in [0.15, 0.2) is 36.4 Å². The van der Waals surface area contributed by atoms with Crippen LogP contribution in [0, 0.1) is 0 Å². The van der Waals surface area contributed by atoms with Gasteiger partial charge in [-0.1, -0.05) is 18.2 Å². The Morgan fingerprint density at radius 2 is 1.82 bits per heavy atom. The van der Waals surface area contributed by atoms with Crippen LogP contribution in [-0.2, 0) is 21.7 Å². The summed E-state index contributed by atoms with van der Waals surface area (Å²) in [6.07, 6.45) is 0.902. The molecule has 0 saturated carbocycles. The fourth-order valence-electron chi connectivity index (χ4n) is 2.59. The van der Waals surface area contributed by atoms with E-state index in [4.69, 9.17) is 9.47 Å². The van der Waals surface area contributed by atoms with E-state index in [-0.39, 0.29) is 12.0 Å². The first-order chi connectivity index (χ1) is 10.6. The van der Waals surface area contributed by atoms with Gasteiger partial charge in [-0.05, 0) is 30.2 Å². The third-order valence-electron chi connectivity index (χ3n) is 3.72. The summed E-state index contributed by atoms with van der Waals surface area (Å²) in [7, 11) is 0. The molecule has 1 unspecified atom stereocenters. The zero-order valence-electron chi connectivity index (χ0n) is 11.5. The molecule has 0 fully saturated rings. The van der Waals surface area contributed by atoms with Gasteiger partial charge in [-0.25, -0.2) is 0 Å². The molecule has 2 aromatic carbocycles. The number of carbonyl (C=O) groups excluding carboxylic acids is 1. The molecule has 3 rings (SSSR count). The molecule has 0 radical (unpaired) electrons. The molecule has 3 N–H and O–H groups in total. The molecule has 0 aliphatic carbocycles. The predicted octanol–water partition coefficient (Wildman–Crippen LogP) is 2.15. The Labute approximate surface area is 126 Å². The molecule has 0 bridgehead atoms. The molecule has 6 heteroatoms. The quantitative estimate of drug-likeness (QED) is 0.594. The SMILES string of the molecule is O=COC1(c2cc(O)c(O)c(O)c2)CCc2ccccc2O1. The fourth-order valence-corrected chi connectivity index (χ4v) is 2.59. The Hall–Kier alpha value is -2.89. The van der Waals surface area contributed by atoms with Crippen molar-refractivity contribution in [3.05, 3.63) is 47.5 Å². The van der Waals surface area contributed by atoms with E-state index in [9.17, 15) is 20.1 Å². The first kappa shape index (κ1) is 14.1. The van der Waals surface area contributed by atoms with Gasteiger partial charge in [0.1, 0.15) is 5.75 Å².